The normalized spacial score (nSPS) is 14.8. The Morgan fingerprint density at radius 3 is 2.21 bits per heavy atom. The predicted octanol–water partition coefficient (Wildman–Crippen LogP) is 4.99. The zero-order valence-electron chi connectivity index (χ0n) is 18.4. The zero-order chi connectivity index (χ0) is 23.4. The summed E-state index contributed by atoms with van der Waals surface area (Å²) in [5.74, 6) is -0.448. The van der Waals surface area contributed by atoms with Crippen molar-refractivity contribution in [3.8, 4) is 11.5 Å². The van der Waals surface area contributed by atoms with Crippen LogP contribution in [0.25, 0.3) is 0 Å². The summed E-state index contributed by atoms with van der Waals surface area (Å²) in [4.78, 5) is 17.3. The highest BCUT2D eigenvalue weighted by Crippen LogP contribution is 2.32. The summed E-state index contributed by atoms with van der Waals surface area (Å²) < 4.78 is 32.1. The Morgan fingerprint density at radius 2 is 1.61 bits per heavy atom. The molecule has 172 valence electrons. The van der Waals surface area contributed by atoms with Crippen molar-refractivity contribution in [2.45, 2.75) is 25.4 Å². The van der Waals surface area contributed by atoms with Crippen molar-refractivity contribution in [2.24, 2.45) is 0 Å². The minimum atomic E-state index is -0.408. The van der Waals surface area contributed by atoms with Crippen molar-refractivity contribution in [1.82, 2.24) is 4.90 Å². The fourth-order valence-electron chi connectivity index (χ4n) is 4.26. The lowest BCUT2D eigenvalue weighted by atomic mass is 10.00. The number of methoxy groups -OCH3 is 1. The number of nitrogens with zero attached hydrogens (tertiary/aromatic N) is 2. The maximum Gasteiger partial charge on any atom is 0.258 e. The fraction of sp³-hybridized carbons (Fsp3) is 0.269. The smallest absolute Gasteiger partial charge is 0.258 e. The number of hydrogen-bond acceptors (Lipinski definition) is 4. The molecule has 0 bridgehead atoms. The zero-order valence-corrected chi connectivity index (χ0v) is 18.4. The third-order valence-electron chi connectivity index (χ3n) is 6.03. The highest BCUT2D eigenvalue weighted by Gasteiger charge is 2.30. The molecule has 5 nitrogen and oxygen atoms in total. The summed E-state index contributed by atoms with van der Waals surface area (Å²) in [6, 6.07) is 16.7. The minimum absolute atomic E-state index is 0.0943. The molecule has 1 aliphatic rings. The van der Waals surface area contributed by atoms with Crippen LogP contribution < -0.4 is 9.64 Å². The number of aromatic hydroxyl groups is 1. The molecule has 7 heteroatoms. The molecule has 0 aliphatic carbocycles. The highest BCUT2D eigenvalue weighted by atomic mass is 19.1. The van der Waals surface area contributed by atoms with E-state index in [0.29, 0.717) is 36.4 Å². The van der Waals surface area contributed by atoms with Gasteiger partial charge in [-0.15, -0.1) is 0 Å². The highest BCUT2D eigenvalue weighted by molar-refractivity contribution is 6.06. The number of carbonyl (C=O) groups excluding carboxylic acids is 1. The van der Waals surface area contributed by atoms with Crippen LogP contribution in [0.3, 0.4) is 0 Å². The Bertz CT molecular complexity index is 1100. The molecule has 0 saturated carbocycles. The maximum atomic E-state index is 13.5. The molecule has 1 saturated heterocycles. The first-order valence-electron chi connectivity index (χ1n) is 10.9. The van der Waals surface area contributed by atoms with Crippen molar-refractivity contribution >= 4 is 11.6 Å². The third-order valence-corrected chi connectivity index (χ3v) is 6.03. The van der Waals surface area contributed by atoms with Gasteiger partial charge in [-0.1, -0.05) is 12.1 Å². The van der Waals surface area contributed by atoms with Gasteiger partial charge in [-0.05, 0) is 67.4 Å². The third kappa shape index (κ3) is 5.14. The first-order valence-corrected chi connectivity index (χ1v) is 10.9. The second-order valence-corrected chi connectivity index (χ2v) is 8.13. The number of hydrogen-bond donors (Lipinski definition) is 1. The van der Waals surface area contributed by atoms with Crippen molar-refractivity contribution in [1.29, 1.82) is 0 Å². The van der Waals surface area contributed by atoms with Gasteiger partial charge in [-0.2, -0.15) is 0 Å². The van der Waals surface area contributed by atoms with Gasteiger partial charge >= 0.3 is 0 Å². The van der Waals surface area contributed by atoms with E-state index in [0.717, 1.165) is 18.7 Å². The second kappa shape index (κ2) is 10.0. The number of likely N-dealkylation sites (tertiary alicyclic amines) is 1. The number of anilines is 1. The number of phenolic OH excluding ortho intramolecular Hbond substituents is 1. The molecule has 0 radical (unpaired) electrons. The van der Waals surface area contributed by atoms with Gasteiger partial charge in [-0.25, -0.2) is 8.78 Å². The average molecular weight is 453 g/mol. The summed E-state index contributed by atoms with van der Waals surface area (Å²) in [7, 11) is 1.52. The molecule has 4 rings (SSSR count). The van der Waals surface area contributed by atoms with Gasteiger partial charge in [0.25, 0.3) is 5.91 Å². The average Bonchev–Trinajstić information content (AvgIpc) is 2.83. The molecule has 1 amide bonds. The topological polar surface area (TPSA) is 53.0 Å². The number of piperidine rings is 1. The van der Waals surface area contributed by atoms with E-state index >= 15 is 0 Å². The number of amides is 1. The van der Waals surface area contributed by atoms with Crippen LogP contribution in [0.4, 0.5) is 14.5 Å². The Kier molecular flexibility index (Phi) is 6.89. The quantitative estimate of drug-likeness (QED) is 0.573. The van der Waals surface area contributed by atoms with Crippen LogP contribution in [0.5, 0.6) is 11.5 Å². The number of rotatable bonds is 6. The van der Waals surface area contributed by atoms with Crippen molar-refractivity contribution in [3.63, 3.8) is 0 Å². The van der Waals surface area contributed by atoms with E-state index in [9.17, 15) is 18.7 Å². The van der Waals surface area contributed by atoms with E-state index in [1.807, 2.05) is 12.1 Å². The van der Waals surface area contributed by atoms with E-state index in [-0.39, 0.29) is 23.5 Å². The molecule has 0 aromatic heterocycles. The molecule has 1 fully saturated rings. The van der Waals surface area contributed by atoms with Gasteiger partial charge < -0.3 is 14.7 Å². The fourth-order valence-corrected chi connectivity index (χ4v) is 4.26. The van der Waals surface area contributed by atoms with Crippen molar-refractivity contribution < 1.29 is 23.4 Å². The summed E-state index contributed by atoms with van der Waals surface area (Å²) >= 11 is 0. The van der Waals surface area contributed by atoms with Crippen LogP contribution in [0.2, 0.25) is 0 Å². The molecule has 3 aromatic carbocycles. The van der Waals surface area contributed by atoms with Gasteiger partial charge in [0.15, 0.2) is 11.5 Å². The van der Waals surface area contributed by atoms with Gasteiger partial charge in [0.1, 0.15) is 11.6 Å². The monoisotopic (exact) mass is 452 g/mol. The molecule has 0 atom stereocenters. The van der Waals surface area contributed by atoms with Gasteiger partial charge in [-0.3, -0.25) is 9.69 Å². The summed E-state index contributed by atoms with van der Waals surface area (Å²) in [5.41, 5.74) is 1.77. The van der Waals surface area contributed by atoms with Gasteiger partial charge in [0, 0.05) is 42.5 Å². The van der Waals surface area contributed by atoms with Gasteiger partial charge in [0.05, 0.1) is 7.11 Å². The molecular weight excluding hydrogens is 426 g/mol. The standard InChI is InChI=1S/C26H26F2N2O3/c1-33-24-4-2-3-19(25(24)31)17-29-15-13-23(14-16-29)30(22-11-9-21(28)10-12-22)26(32)18-5-7-20(27)8-6-18/h2-12,23,31H,13-17H2,1H3. The van der Waals surface area contributed by atoms with Gasteiger partial charge in [0.2, 0.25) is 0 Å². The van der Waals surface area contributed by atoms with E-state index < -0.39 is 5.82 Å². The molecule has 3 aromatic rings. The number of para-hydroxylation sites is 1. The predicted molar refractivity (Wildman–Crippen MR) is 123 cm³/mol. The van der Waals surface area contributed by atoms with Crippen LogP contribution in [0.1, 0.15) is 28.8 Å². The van der Waals surface area contributed by atoms with Crippen LogP contribution in [0, 0.1) is 11.6 Å². The molecule has 1 heterocycles. The van der Waals surface area contributed by atoms with Crippen LogP contribution >= 0.6 is 0 Å². The molecule has 1 N–H and O–H groups in total. The minimum Gasteiger partial charge on any atom is -0.504 e. The number of benzene rings is 3. The Hall–Kier alpha value is -3.45. The summed E-state index contributed by atoms with van der Waals surface area (Å²) in [5, 5.41) is 10.4. The summed E-state index contributed by atoms with van der Waals surface area (Å²) in [6.45, 7) is 2.00. The van der Waals surface area contributed by atoms with E-state index in [4.69, 9.17) is 4.74 Å². The Morgan fingerprint density at radius 1 is 1.00 bits per heavy atom. The van der Waals surface area contributed by atoms with Crippen molar-refractivity contribution in [2.75, 3.05) is 25.1 Å². The molecule has 1 aliphatic heterocycles. The first-order chi connectivity index (χ1) is 16.0. The summed E-state index contributed by atoms with van der Waals surface area (Å²) in [6.07, 6.45) is 1.41. The van der Waals surface area contributed by atoms with E-state index in [2.05, 4.69) is 4.90 Å². The molecule has 33 heavy (non-hydrogen) atoms. The van der Waals surface area contributed by atoms with E-state index in [1.54, 1.807) is 23.1 Å². The lowest BCUT2D eigenvalue weighted by molar-refractivity contribution is 0.0958. The lowest BCUT2D eigenvalue weighted by Gasteiger charge is -2.38. The molecular formula is C26H26F2N2O3. The van der Waals surface area contributed by atoms with Crippen LogP contribution in [-0.4, -0.2) is 42.2 Å². The molecule has 0 unspecified atom stereocenters. The number of halogens is 2. The van der Waals surface area contributed by atoms with Crippen LogP contribution in [-0.2, 0) is 6.54 Å². The second-order valence-electron chi connectivity index (χ2n) is 8.13. The molecule has 0 spiro atoms. The van der Waals surface area contributed by atoms with E-state index in [1.165, 1.54) is 43.5 Å². The maximum absolute atomic E-state index is 13.5. The first kappa shape index (κ1) is 22.7. The van der Waals surface area contributed by atoms with Crippen LogP contribution in [0.15, 0.2) is 66.7 Å². The Balaban J connectivity index is 1.51. The number of carbonyl (C=O) groups is 1. The van der Waals surface area contributed by atoms with Crippen molar-refractivity contribution in [3.05, 3.63) is 89.5 Å². The Labute approximate surface area is 191 Å². The lowest BCUT2D eigenvalue weighted by Crippen LogP contribution is -2.47. The number of ether oxygens (including phenoxy) is 1. The largest absolute Gasteiger partial charge is 0.504 e. The SMILES string of the molecule is COc1cccc(CN2CCC(N(C(=O)c3ccc(F)cc3)c3ccc(F)cc3)CC2)c1O. The number of phenols is 1.